The average Bonchev–Trinajstić information content (AvgIpc) is 3.27. The van der Waals surface area contributed by atoms with Crippen LogP contribution in [0.4, 0.5) is 26.3 Å². The molecule has 0 atom stereocenters. The van der Waals surface area contributed by atoms with Crippen LogP contribution < -0.4 is 4.74 Å². The quantitative estimate of drug-likeness (QED) is 0.514. The number of hydrogen-bond acceptors (Lipinski definition) is 7. The van der Waals surface area contributed by atoms with Gasteiger partial charge in [-0.15, -0.1) is 0 Å². The molecular formula is C24H31F6N5O5. The number of rotatable bonds is 5. The largest absolute Gasteiger partial charge is 0.497 e. The summed E-state index contributed by atoms with van der Waals surface area (Å²) in [5, 5.41) is 14.2. The van der Waals surface area contributed by atoms with E-state index in [0.29, 0.717) is 0 Å². The van der Waals surface area contributed by atoms with Crippen LogP contribution in [0.5, 0.6) is 5.75 Å². The van der Waals surface area contributed by atoms with Crippen molar-refractivity contribution >= 4 is 11.9 Å². The Hall–Kier alpha value is -3.37. The standard InChI is InChI=1S/C20H29N5O.2C2HF3O2/c1-22-7-9-23(10-8-22)15-18-13-21-20-16-24(11-12-25(18)20)14-17-3-5-19(26-2)6-4-17;2*3-2(4,5)1(6)7/h3-6,13H,7-12,14-16H2,1-2H3;2*(H,6,7). The van der Waals surface area contributed by atoms with Crippen molar-refractivity contribution in [3.05, 3.63) is 47.5 Å². The predicted octanol–water partition coefficient (Wildman–Crippen LogP) is 2.92. The Morgan fingerprint density at radius 1 is 0.850 bits per heavy atom. The summed E-state index contributed by atoms with van der Waals surface area (Å²) < 4.78 is 71.1. The number of halogens is 6. The van der Waals surface area contributed by atoms with Crippen LogP contribution >= 0.6 is 0 Å². The molecule has 2 aliphatic rings. The Morgan fingerprint density at radius 2 is 1.35 bits per heavy atom. The average molecular weight is 584 g/mol. The maximum atomic E-state index is 10.6. The van der Waals surface area contributed by atoms with E-state index < -0.39 is 24.3 Å². The minimum absolute atomic E-state index is 0.913. The first-order valence-corrected chi connectivity index (χ1v) is 12.0. The molecular weight excluding hydrogens is 552 g/mol. The second-order valence-corrected chi connectivity index (χ2v) is 9.06. The summed E-state index contributed by atoms with van der Waals surface area (Å²) >= 11 is 0. The molecule has 0 amide bonds. The van der Waals surface area contributed by atoms with Gasteiger partial charge in [0.1, 0.15) is 11.6 Å². The fraction of sp³-hybridized carbons (Fsp3) is 0.542. The molecule has 0 radical (unpaired) electrons. The lowest BCUT2D eigenvalue weighted by Gasteiger charge is -2.33. The lowest BCUT2D eigenvalue weighted by atomic mass is 10.2. The highest BCUT2D eigenvalue weighted by atomic mass is 19.4. The Labute approximate surface area is 226 Å². The summed E-state index contributed by atoms with van der Waals surface area (Å²) in [5.74, 6) is -3.40. The molecule has 0 aliphatic carbocycles. The molecule has 1 aromatic heterocycles. The fourth-order valence-corrected chi connectivity index (χ4v) is 3.86. The molecule has 2 N–H and O–H groups in total. The van der Waals surface area contributed by atoms with Crippen LogP contribution in [0, 0.1) is 0 Å². The van der Waals surface area contributed by atoms with Crippen molar-refractivity contribution in [1.82, 2.24) is 24.3 Å². The number of methoxy groups -OCH3 is 1. The minimum atomic E-state index is -5.08. The molecule has 3 heterocycles. The molecule has 1 fully saturated rings. The van der Waals surface area contributed by atoms with Gasteiger partial charge in [-0.1, -0.05) is 12.1 Å². The van der Waals surface area contributed by atoms with Gasteiger partial charge in [0, 0.05) is 58.6 Å². The van der Waals surface area contributed by atoms with E-state index in [-0.39, 0.29) is 0 Å². The number of carboxylic acids is 2. The highest BCUT2D eigenvalue weighted by molar-refractivity contribution is 5.73. The molecule has 40 heavy (non-hydrogen) atoms. The summed E-state index contributed by atoms with van der Waals surface area (Å²) in [4.78, 5) is 29.9. The predicted molar refractivity (Wildman–Crippen MR) is 129 cm³/mol. The Balaban J connectivity index is 0.000000333. The van der Waals surface area contributed by atoms with Gasteiger partial charge in [-0.25, -0.2) is 14.6 Å². The second-order valence-electron chi connectivity index (χ2n) is 9.06. The van der Waals surface area contributed by atoms with Gasteiger partial charge in [0.15, 0.2) is 0 Å². The summed E-state index contributed by atoms with van der Waals surface area (Å²) in [6, 6.07) is 8.38. The van der Waals surface area contributed by atoms with E-state index in [0.717, 1.165) is 64.7 Å². The van der Waals surface area contributed by atoms with Gasteiger partial charge in [-0.3, -0.25) is 9.80 Å². The summed E-state index contributed by atoms with van der Waals surface area (Å²) in [7, 11) is 3.91. The first-order valence-electron chi connectivity index (χ1n) is 12.0. The minimum Gasteiger partial charge on any atom is -0.497 e. The molecule has 0 bridgehead atoms. The van der Waals surface area contributed by atoms with Gasteiger partial charge in [0.05, 0.1) is 19.3 Å². The summed E-state index contributed by atoms with van der Waals surface area (Å²) in [5.41, 5.74) is 2.69. The van der Waals surface area contributed by atoms with Crippen molar-refractivity contribution in [2.24, 2.45) is 0 Å². The molecule has 1 aromatic carbocycles. The first-order chi connectivity index (χ1) is 18.6. The normalized spacial score (nSPS) is 16.6. The molecule has 0 unspecified atom stereocenters. The Bertz CT molecular complexity index is 1080. The maximum Gasteiger partial charge on any atom is 0.490 e. The van der Waals surface area contributed by atoms with Crippen LogP contribution in [-0.4, -0.2) is 106 Å². The number of alkyl halides is 6. The SMILES string of the molecule is COc1ccc(CN2CCn3c(CN4CCN(C)CC4)cnc3C2)cc1.O=C(O)C(F)(F)F.O=C(O)C(F)(F)F. The molecule has 2 aromatic rings. The zero-order valence-electron chi connectivity index (χ0n) is 21.9. The third kappa shape index (κ3) is 10.7. The third-order valence-electron chi connectivity index (χ3n) is 6.06. The van der Waals surface area contributed by atoms with Crippen molar-refractivity contribution < 1.29 is 50.9 Å². The number of nitrogens with zero attached hydrogens (tertiary/aromatic N) is 5. The van der Waals surface area contributed by atoms with E-state index in [9.17, 15) is 26.3 Å². The number of piperazine rings is 1. The number of aromatic nitrogens is 2. The molecule has 2 aliphatic heterocycles. The van der Waals surface area contributed by atoms with Gasteiger partial charge in [0.25, 0.3) is 0 Å². The highest BCUT2D eigenvalue weighted by Gasteiger charge is 2.38. The molecule has 224 valence electrons. The van der Waals surface area contributed by atoms with E-state index in [1.165, 1.54) is 17.1 Å². The van der Waals surface area contributed by atoms with Crippen molar-refractivity contribution in [3.8, 4) is 5.75 Å². The van der Waals surface area contributed by atoms with Gasteiger partial charge in [0.2, 0.25) is 0 Å². The number of carboxylic acid groups (broad SMARTS) is 2. The fourth-order valence-electron chi connectivity index (χ4n) is 3.86. The zero-order valence-corrected chi connectivity index (χ0v) is 21.9. The monoisotopic (exact) mass is 583 g/mol. The topological polar surface area (TPSA) is 111 Å². The molecule has 1 saturated heterocycles. The molecule has 4 rings (SSSR count). The molecule has 0 saturated carbocycles. The van der Waals surface area contributed by atoms with Crippen molar-refractivity contribution in [2.45, 2.75) is 38.5 Å². The van der Waals surface area contributed by atoms with Gasteiger partial charge in [-0.05, 0) is 24.7 Å². The highest BCUT2D eigenvalue weighted by Crippen LogP contribution is 2.20. The molecule has 0 spiro atoms. The Kier molecular flexibility index (Phi) is 11.8. The number of ether oxygens (including phenoxy) is 1. The van der Waals surface area contributed by atoms with Crippen molar-refractivity contribution in [3.63, 3.8) is 0 Å². The lowest BCUT2D eigenvalue weighted by Crippen LogP contribution is -2.44. The number of hydrogen-bond donors (Lipinski definition) is 2. The van der Waals surface area contributed by atoms with E-state index in [4.69, 9.17) is 29.5 Å². The van der Waals surface area contributed by atoms with E-state index in [1.807, 2.05) is 12.1 Å². The number of imidazole rings is 1. The van der Waals surface area contributed by atoms with Crippen molar-refractivity contribution in [1.29, 1.82) is 0 Å². The molecule has 10 nitrogen and oxygen atoms in total. The number of aliphatic carboxylic acids is 2. The van der Waals surface area contributed by atoms with Crippen LogP contribution in [0.1, 0.15) is 17.1 Å². The van der Waals surface area contributed by atoms with E-state index in [2.05, 4.69) is 44.6 Å². The number of fused-ring (bicyclic) bond motifs is 1. The van der Waals surface area contributed by atoms with Crippen LogP contribution in [0.25, 0.3) is 0 Å². The van der Waals surface area contributed by atoms with Crippen LogP contribution in [0.15, 0.2) is 30.5 Å². The van der Waals surface area contributed by atoms with E-state index in [1.54, 1.807) is 7.11 Å². The number of benzene rings is 1. The summed E-state index contributed by atoms with van der Waals surface area (Å²) in [6.45, 7) is 9.66. The summed E-state index contributed by atoms with van der Waals surface area (Å²) in [6.07, 6.45) is -8.08. The van der Waals surface area contributed by atoms with Crippen LogP contribution in [0.3, 0.4) is 0 Å². The van der Waals surface area contributed by atoms with Crippen molar-refractivity contribution in [2.75, 3.05) is 46.9 Å². The van der Waals surface area contributed by atoms with Gasteiger partial charge >= 0.3 is 24.3 Å². The second kappa shape index (κ2) is 14.3. The Morgan fingerprint density at radius 3 is 1.82 bits per heavy atom. The van der Waals surface area contributed by atoms with Gasteiger partial charge < -0.3 is 24.4 Å². The van der Waals surface area contributed by atoms with Gasteiger partial charge in [-0.2, -0.15) is 26.3 Å². The zero-order chi connectivity index (χ0) is 30.1. The van der Waals surface area contributed by atoms with Crippen LogP contribution in [0.2, 0.25) is 0 Å². The smallest absolute Gasteiger partial charge is 0.490 e. The number of carbonyl (C=O) groups is 2. The molecule has 16 heteroatoms. The first kappa shape index (κ1) is 32.8. The maximum absolute atomic E-state index is 10.6. The number of likely N-dealkylation sites (N-methyl/N-ethyl adjacent to an activating group) is 1. The van der Waals surface area contributed by atoms with E-state index >= 15 is 0 Å². The van der Waals surface area contributed by atoms with Crippen LogP contribution in [-0.2, 0) is 35.8 Å². The third-order valence-corrected chi connectivity index (χ3v) is 6.06. The lowest BCUT2D eigenvalue weighted by molar-refractivity contribution is -0.193.